The summed E-state index contributed by atoms with van der Waals surface area (Å²) in [5.74, 6) is -0.0350. The van der Waals surface area contributed by atoms with E-state index in [9.17, 15) is 9.59 Å². The number of hydrogen-bond acceptors (Lipinski definition) is 5. The molecule has 0 amide bonds. The molecule has 5 nitrogen and oxygen atoms in total. The van der Waals surface area contributed by atoms with Crippen LogP contribution in [0.1, 0.15) is 71.0 Å². The second-order valence-electron chi connectivity index (χ2n) is 8.96. The number of carbonyl (C=O) groups excluding carboxylic acids is 2. The van der Waals surface area contributed by atoms with Gasteiger partial charge in [-0.15, -0.1) is 0 Å². The molecule has 28 heavy (non-hydrogen) atoms. The average molecular weight is 389 g/mol. The number of methoxy groups -OCH3 is 1. The van der Waals surface area contributed by atoms with Gasteiger partial charge in [0, 0.05) is 12.5 Å². The van der Waals surface area contributed by atoms with Crippen molar-refractivity contribution in [2.24, 2.45) is 22.7 Å². The molecule has 2 fully saturated rings. The Morgan fingerprint density at radius 3 is 2.71 bits per heavy atom. The molecule has 0 aromatic carbocycles. The second kappa shape index (κ2) is 7.76. The van der Waals surface area contributed by atoms with Crippen LogP contribution in [0.2, 0.25) is 0 Å². The topological polar surface area (TPSA) is 65.7 Å². The van der Waals surface area contributed by atoms with Gasteiger partial charge >= 0.3 is 11.9 Å². The number of esters is 2. The minimum absolute atomic E-state index is 0.0847. The van der Waals surface area contributed by atoms with E-state index in [1.54, 1.807) is 12.5 Å². The van der Waals surface area contributed by atoms with Gasteiger partial charge in [-0.25, -0.2) is 0 Å². The van der Waals surface area contributed by atoms with Crippen LogP contribution >= 0.6 is 0 Å². The van der Waals surface area contributed by atoms with Crippen LogP contribution in [0, 0.1) is 22.7 Å². The molecule has 0 saturated heterocycles. The molecule has 154 valence electrons. The second-order valence-corrected chi connectivity index (χ2v) is 8.96. The fourth-order valence-electron chi connectivity index (χ4n) is 5.99. The number of rotatable bonds is 5. The molecule has 2 saturated carbocycles. The molecule has 1 aromatic rings. The van der Waals surface area contributed by atoms with E-state index in [0.717, 1.165) is 37.7 Å². The predicted molar refractivity (Wildman–Crippen MR) is 105 cm³/mol. The molecule has 0 N–H and O–H groups in total. The van der Waals surface area contributed by atoms with Crippen LogP contribution < -0.4 is 0 Å². The third-order valence-corrected chi connectivity index (χ3v) is 7.34. The Kier molecular flexibility index (Phi) is 5.74. The molecule has 0 bridgehead atoms. The first kappa shape index (κ1) is 20.7. The number of hydrogen-bond donors (Lipinski definition) is 0. The van der Waals surface area contributed by atoms with Crippen molar-refractivity contribution in [3.8, 4) is 0 Å². The smallest absolute Gasteiger partial charge is 0.311 e. The van der Waals surface area contributed by atoms with Crippen molar-refractivity contribution in [3.05, 3.63) is 36.3 Å². The molecule has 2 aliphatic carbocycles. The van der Waals surface area contributed by atoms with Crippen molar-refractivity contribution in [2.75, 3.05) is 7.11 Å². The van der Waals surface area contributed by atoms with Crippen LogP contribution in [-0.2, 0) is 19.1 Å². The lowest BCUT2D eigenvalue weighted by molar-refractivity contribution is -0.169. The Balaban J connectivity index is 1.94. The van der Waals surface area contributed by atoms with E-state index in [2.05, 4.69) is 20.4 Å². The highest BCUT2D eigenvalue weighted by Crippen LogP contribution is 2.62. The van der Waals surface area contributed by atoms with Crippen molar-refractivity contribution in [1.82, 2.24) is 0 Å². The summed E-state index contributed by atoms with van der Waals surface area (Å²) in [5, 5.41) is 0. The van der Waals surface area contributed by atoms with Crippen molar-refractivity contribution in [2.45, 2.75) is 65.4 Å². The van der Waals surface area contributed by atoms with Gasteiger partial charge in [-0.3, -0.25) is 9.59 Å². The van der Waals surface area contributed by atoms with E-state index >= 15 is 0 Å². The molecule has 0 aliphatic heterocycles. The average Bonchev–Trinajstić information content (AvgIpc) is 3.17. The first-order valence-electron chi connectivity index (χ1n) is 10.2. The number of carbonyl (C=O) groups is 2. The highest BCUT2D eigenvalue weighted by atomic mass is 16.5. The summed E-state index contributed by atoms with van der Waals surface area (Å²) in [4.78, 5) is 24.4. The van der Waals surface area contributed by atoms with Crippen LogP contribution in [0.25, 0.3) is 0 Å². The molecule has 1 aromatic heterocycles. The van der Waals surface area contributed by atoms with Crippen LogP contribution in [0.4, 0.5) is 0 Å². The normalized spacial score (nSPS) is 33.6. The van der Waals surface area contributed by atoms with Gasteiger partial charge in [0.05, 0.1) is 25.1 Å². The molecule has 3 rings (SSSR count). The lowest BCUT2D eigenvalue weighted by atomic mass is 9.46. The SMILES string of the molecule is C=C1CC[C@H]2[C@@](C)(CCC[C@@]2(C)C(=O)OC)[C@@H]1C[C@H](OC(C)=O)c1ccoc1. The monoisotopic (exact) mass is 388 g/mol. The van der Waals surface area contributed by atoms with Gasteiger partial charge in [-0.05, 0) is 62.3 Å². The van der Waals surface area contributed by atoms with Crippen molar-refractivity contribution in [3.63, 3.8) is 0 Å². The zero-order valence-electron chi connectivity index (χ0n) is 17.5. The van der Waals surface area contributed by atoms with Crippen molar-refractivity contribution < 1.29 is 23.5 Å². The highest BCUT2D eigenvalue weighted by Gasteiger charge is 2.58. The largest absolute Gasteiger partial charge is 0.472 e. The van der Waals surface area contributed by atoms with E-state index in [0.29, 0.717) is 6.42 Å². The maximum absolute atomic E-state index is 12.7. The van der Waals surface area contributed by atoms with Crippen LogP contribution in [-0.4, -0.2) is 19.0 Å². The highest BCUT2D eigenvalue weighted by molar-refractivity contribution is 5.77. The van der Waals surface area contributed by atoms with Crippen LogP contribution in [0.15, 0.2) is 35.2 Å². The molecule has 1 heterocycles. The molecule has 0 unspecified atom stereocenters. The summed E-state index contributed by atoms with van der Waals surface area (Å²) >= 11 is 0. The zero-order valence-corrected chi connectivity index (χ0v) is 17.5. The lowest BCUT2D eigenvalue weighted by Gasteiger charge is -2.57. The Morgan fingerprint density at radius 2 is 2.11 bits per heavy atom. The molecule has 0 spiro atoms. The third-order valence-electron chi connectivity index (χ3n) is 7.34. The van der Waals surface area contributed by atoms with Gasteiger partial charge in [-0.2, -0.15) is 0 Å². The zero-order chi connectivity index (χ0) is 20.5. The predicted octanol–water partition coefficient (Wildman–Crippen LogP) is 5.23. The first-order chi connectivity index (χ1) is 13.2. The molecule has 5 atom stereocenters. The quantitative estimate of drug-likeness (QED) is 0.511. The Morgan fingerprint density at radius 1 is 1.36 bits per heavy atom. The van der Waals surface area contributed by atoms with Crippen molar-refractivity contribution in [1.29, 1.82) is 0 Å². The van der Waals surface area contributed by atoms with E-state index < -0.39 is 5.41 Å². The summed E-state index contributed by atoms with van der Waals surface area (Å²) in [7, 11) is 1.48. The minimum Gasteiger partial charge on any atom is -0.472 e. The Labute approximate surface area is 167 Å². The number of allylic oxidation sites excluding steroid dienone is 1. The number of ether oxygens (including phenoxy) is 2. The maximum Gasteiger partial charge on any atom is 0.311 e. The van der Waals surface area contributed by atoms with Crippen molar-refractivity contribution >= 4 is 11.9 Å². The van der Waals surface area contributed by atoms with Gasteiger partial charge in [0.2, 0.25) is 0 Å². The molecular weight excluding hydrogens is 356 g/mol. The third kappa shape index (κ3) is 3.51. The van der Waals surface area contributed by atoms with Gasteiger partial charge < -0.3 is 13.9 Å². The molecule has 2 aliphatic rings. The fourth-order valence-corrected chi connectivity index (χ4v) is 5.99. The number of fused-ring (bicyclic) bond motifs is 1. The van der Waals surface area contributed by atoms with Gasteiger partial charge in [0.1, 0.15) is 6.10 Å². The lowest BCUT2D eigenvalue weighted by Crippen LogP contribution is -2.53. The summed E-state index contributed by atoms with van der Waals surface area (Å²) in [6.07, 6.45) is 8.21. The Hall–Kier alpha value is -2.04. The first-order valence-corrected chi connectivity index (χ1v) is 10.2. The maximum atomic E-state index is 12.7. The van der Waals surface area contributed by atoms with Crippen LogP contribution in [0.3, 0.4) is 0 Å². The summed E-state index contributed by atoms with van der Waals surface area (Å²) in [6, 6.07) is 1.85. The fraction of sp³-hybridized carbons (Fsp3) is 0.652. The van der Waals surface area contributed by atoms with Gasteiger partial charge in [0.15, 0.2) is 0 Å². The summed E-state index contributed by atoms with van der Waals surface area (Å²) < 4.78 is 16.1. The molecule has 5 heteroatoms. The minimum atomic E-state index is -0.479. The molecule has 0 radical (unpaired) electrons. The number of furan rings is 1. The van der Waals surface area contributed by atoms with Gasteiger partial charge in [0.25, 0.3) is 0 Å². The standard InChI is InChI=1S/C23H32O5/c1-15-7-8-20-22(3,10-6-11-23(20,4)21(25)26-5)18(15)13-19(28-16(2)24)17-9-12-27-14-17/h9,12,14,18-20H,1,6-8,10-11,13H2,2-5H3/t18-,19+,20+,22+,23-/m1/s1. The van der Waals surface area contributed by atoms with E-state index in [4.69, 9.17) is 13.9 Å². The van der Waals surface area contributed by atoms with E-state index in [1.165, 1.54) is 19.6 Å². The Bertz CT molecular complexity index is 736. The van der Waals surface area contributed by atoms with Gasteiger partial charge in [-0.1, -0.05) is 25.5 Å². The molecular formula is C23H32O5. The summed E-state index contributed by atoms with van der Waals surface area (Å²) in [6.45, 7) is 10.2. The van der Waals surface area contributed by atoms with E-state index in [-0.39, 0.29) is 35.3 Å². The van der Waals surface area contributed by atoms with E-state index in [1.807, 2.05) is 6.07 Å². The summed E-state index contributed by atoms with van der Waals surface area (Å²) in [5.41, 5.74) is 1.49. The van der Waals surface area contributed by atoms with Crippen LogP contribution in [0.5, 0.6) is 0 Å².